The van der Waals surface area contributed by atoms with E-state index in [9.17, 15) is 0 Å². The van der Waals surface area contributed by atoms with Gasteiger partial charge in [-0.3, -0.25) is 0 Å². The highest BCUT2D eigenvalue weighted by atomic mass is 16.5. The minimum Gasteiger partial charge on any atom is -0.381 e. The summed E-state index contributed by atoms with van der Waals surface area (Å²) in [6, 6.07) is 1.21. The first-order valence-electron chi connectivity index (χ1n) is 6.24. The minimum absolute atomic E-state index is 0.602. The Hall–Kier alpha value is -0.120. The van der Waals surface area contributed by atoms with Gasteiger partial charge in [0.1, 0.15) is 0 Å². The van der Waals surface area contributed by atoms with Crippen molar-refractivity contribution in [3.63, 3.8) is 0 Å². The molecule has 2 N–H and O–H groups in total. The van der Waals surface area contributed by atoms with E-state index in [4.69, 9.17) is 4.74 Å². The average Bonchev–Trinajstić information content (AvgIpc) is 2.69. The van der Waals surface area contributed by atoms with Crippen LogP contribution in [-0.4, -0.2) is 38.4 Å². The molecule has 0 aromatic heterocycles. The molecule has 1 fully saturated rings. The van der Waals surface area contributed by atoms with Crippen molar-refractivity contribution >= 4 is 0 Å². The third kappa shape index (κ3) is 5.50. The summed E-state index contributed by atoms with van der Waals surface area (Å²) in [7, 11) is 0. The van der Waals surface area contributed by atoms with E-state index in [2.05, 4.69) is 31.4 Å². The molecule has 2 unspecified atom stereocenters. The van der Waals surface area contributed by atoms with Gasteiger partial charge < -0.3 is 15.4 Å². The standard InChI is InChI=1S/C12H26N2O/c1-10(2)13-6-4-7-14-11(3)12-5-8-15-9-12/h10-14H,4-9H2,1-3H3. The smallest absolute Gasteiger partial charge is 0.0509 e. The van der Waals surface area contributed by atoms with Crippen LogP contribution in [0.3, 0.4) is 0 Å². The number of nitrogens with one attached hydrogen (secondary N) is 2. The molecule has 0 spiro atoms. The van der Waals surface area contributed by atoms with Gasteiger partial charge in [0.15, 0.2) is 0 Å². The predicted molar refractivity (Wildman–Crippen MR) is 64.1 cm³/mol. The number of rotatable bonds is 7. The third-order valence-corrected chi connectivity index (χ3v) is 3.04. The summed E-state index contributed by atoms with van der Waals surface area (Å²) in [5, 5.41) is 7.00. The monoisotopic (exact) mass is 214 g/mol. The molecule has 3 heteroatoms. The molecular formula is C12H26N2O. The quantitative estimate of drug-likeness (QED) is 0.628. The van der Waals surface area contributed by atoms with Gasteiger partial charge in [-0.1, -0.05) is 13.8 Å². The van der Waals surface area contributed by atoms with Crippen LogP contribution in [0.25, 0.3) is 0 Å². The van der Waals surface area contributed by atoms with Crippen molar-refractivity contribution in [2.45, 2.75) is 45.7 Å². The van der Waals surface area contributed by atoms with Crippen molar-refractivity contribution in [2.24, 2.45) is 5.92 Å². The molecule has 90 valence electrons. The normalized spacial score (nSPS) is 23.6. The fourth-order valence-corrected chi connectivity index (χ4v) is 1.92. The van der Waals surface area contributed by atoms with E-state index in [1.54, 1.807) is 0 Å². The lowest BCUT2D eigenvalue weighted by Gasteiger charge is -2.19. The van der Waals surface area contributed by atoms with Gasteiger partial charge in [0.05, 0.1) is 6.61 Å². The van der Waals surface area contributed by atoms with E-state index in [1.807, 2.05) is 0 Å². The van der Waals surface area contributed by atoms with E-state index in [-0.39, 0.29) is 0 Å². The Labute approximate surface area is 94.0 Å². The maximum atomic E-state index is 5.38. The van der Waals surface area contributed by atoms with Crippen molar-refractivity contribution in [1.29, 1.82) is 0 Å². The van der Waals surface area contributed by atoms with Crippen LogP contribution in [0.2, 0.25) is 0 Å². The van der Waals surface area contributed by atoms with Crippen LogP contribution in [-0.2, 0) is 4.74 Å². The summed E-state index contributed by atoms with van der Waals surface area (Å²) in [5.74, 6) is 0.725. The molecule has 1 heterocycles. The van der Waals surface area contributed by atoms with Crippen molar-refractivity contribution in [3.05, 3.63) is 0 Å². The van der Waals surface area contributed by atoms with Gasteiger partial charge >= 0.3 is 0 Å². The topological polar surface area (TPSA) is 33.3 Å². The second kappa shape index (κ2) is 7.20. The van der Waals surface area contributed by atoms with Crippen molar-refractivity contribution in [1.82, 2.24) is 10.6 Å². The highest BCUT2D eigenvalue weighted by Gasteiger charge is 2.21. The lowest BCUT2D eigenvalue weighted by molar-refractivity contribution is 0.178. The first kappa shape index (κ1) is 12.9. The van der Waals surface area contributed by atoms with Crippen molar-refractivity contribution in [2.75, 3.05) is 26.3 Å². The fourth-order valence-electron chi connectivity index (χ4n) is 1.92. The summed E-state index contributed by atoms with van der Waals surface area (Å²) in [6.07, 6.45) is 2.43. The fraction of sp³-hybridized carbons (Fsp3) is 1.00. The summed E-state index contributed by atoms with van der Waals surface area (Å²) in [4.78, 5) is 0. The zero-order chi connectivity index (χ0) is 11.1. The van der Waals surface area contributed by atoms with Gasteiger partial charge in [-0.15, -0.1) is 0 Å². The molecule has 0 bridgehead atoms. The van der Waals surface area contributed by atoms with Crippen molar-refractivity contribution < 1.29 is 4.74 Å². The molecule has 0 saturated carbocycles. The highest BCUT2D eigenvalue weighted by Crippen LogP contribution is 2.15. The Morgan fingerprint density at radius 1 is 1.20 bits per heavy atom. The Morgan fingerprint density at radius 2 is 1.93 bits per heavy atom. The molecule has 2 atom stereocenters. The third-order valence-electron chi connectivity index (χ3n) is 3.04. The van der Waals surface area contributed by atoms with E-state index in [0.29, 0.717) is 12.1 Å². The zero-order valence-corrected chi connectivity index (χ0v) is 10.4. The molecule has 0 aromatic rings. The lowest BCUT2D eigenvalue weighted by Crippen LogP contribution is -2.36. The summed E-state index contributed by atoms with van der Waals surface area (Å²) >= 11 is 0. The first-order chi connectivity index (χ1) is 7.20. The average molecular weight is 214 g/mol. The van der Waals surface area contributed by atoms with Crippen molar-refractivity contribution in [3.8, 4) is 0 Å². The molecule has 3 nitrogen and oxygen atoms in total. The minimum atomic E-state index is 0.602. The summed E-state index contributed by atoms with van der Waals surface area (Å²) < 4.78 is 5.38. The molecule has 1 aliphatic heterocycles. The zero-order valence-electron chi connectivity index (χ0n) is 10.4. The van der Waals surface area contributed by atoms with Crippen LogP contribution in [0.1, 0.15) is 33.6 Å². The summed E-state index contributed by atoms with van der Waals surface area (Å²) in [5.41, 5.74) is 0. The van der Waals surface area contributed by atoms with Crippen LogP contribution < -0.4 is 10.6 Å². The van der Waals surface area contributed by atoms with Crippen LogP contribution in [0.15, 0.2) is 0 Å². The Morgan fingerprint density at radius 3 is 2.53 bits per heavy atom. The van der Waals surface area contributed by atoms with Gasteiger partial charge in [-0.05, 0) is 38.8 Å². The lowest BCUT2D eigenvalue weighted by atomic mass is 10.0. The molecule has 1 rings (SSSR count). The second-order valence-electron chi connectivity index (χ2n) is 4.83. The van der Waals surface area contributed by atoms with Gasteiger partial charge in [0, 0.05) is 18.7 Å². The number of ether oxygens (including phenoxy) is 1. The molecule has 0 aliphatic carbocycles. The number of hydrogen-bond acceptors (Lipinski definition) is 3. The van der Waals surface area contributed by atoms with E-state index in [1.165, 1.54) is 12.8 Å². The first-order valence-corrected chi connectivity index (χ1v) is 6.24. The van der Waals surface area contributed by atoms with Crippen LogP contribution in [0, 0.1) is 5.92 Å². The van der Waals surface area contributed by atoms with Gasteiger partial charge in [0.2, 0.25) is 0 Å². The van der Waals surface area contributed by atoms with E-state index in [0.717, 1.165) is 32.2 Å². The van der Waals surface area contributed by atoms with Gasteiger partial charge in [-0.25, -0.2) is 0 Å². The van der Waals surface area contributed by atoms with Crippen LogP contribution in [0.5, 0.6) is 0 Å². The Balaban J connectivity index is 1.94. The maximum Gasteiger partial charge on any atom is 0.0509 e. The van der Waals surface area contributed by atoms with Gasteiger partial charge in [-0.2, -0.15) is 0 Å². The SMILES string of the molecule is CC(C)NCCCNC(C)C1CCOC1. The van der Waals surface area contributed by atoms with Crippen LogP contribution in [0.4, 0.5) is 0 Å². The summed E-state index contributed by atoms with van der Waals surface area (Å²) in [6.45, 7) is 10.8. The molecule has 0 amide bonds. The molecule has 1 aliphatic rings. The molecule has 0 aromatic carbocycles. The van der Waals surface area contributed by atoms with E-state index >= 15 is 0 Å². The molecule has 1 saturated heterocycles. The second-order valence-corrected chi connectivity index (χ2v) is 4.83. The molecule has 0 radical (unpaired) electrons. The molecule has 15 heavy (non-hydrogen) atoms. The Kier molecular flexibility index (Phi) is 6.22. The van der Waals surface area contributed by atoms with E-state index < -0.39 is 0 Å². The molecular weight excluding hydrogens is 188 g/mol. The maximum absolute atomic E-state index is 5.38. The number of hydrogen-bond donors (Lipinski definition) is 2. The van der Waals surface area contributed by atoms with Gasteiger partial charge in [0.25, 0.3) is 0 Å². The van der Waals surface area contributed by atoms with Crippen LogP contribution >= 0.6 is 0 Å². The predicted octanol–water partition coefficient (Wildman–Crippen LogP) is 1.39. The Bertz CT molecular complexity index is 156. The highest BCUT2D eigenvalue weighted by molar-refractivity contribution is 4.75. The largest absolute Gasteiger partial charge is 0.381 e.